The minimum atomic E-state index is -0.760. The second-order valence-corrected chi connectivity index (χ2v) is 5.48. The zero-order valence-corrected chi connectivity index (χ0v) is 13.4. The van der Waals surface area contributed by atoms with Gasteiger partial charge in [0.1, 0.15) is 5.69 Å². The van der Waals surface area contributed by atoms with Crippen LogP contribution in [0, 0.1) is 0 Å². The van der Waals surface area contributed by atoms with Gasteiger partial charge < -0.3 is 24.1 Å². The Bertz CT molecular complexity index is 678. The second kappa shape index (κ2) is 6.93. The van der Waals surface area contributed by atoms with E-state index < -0.39 is 6.16 Å². The lowest BCUT2D eigenvalue weighted by atomic mass is 10.1. The molecule has 1 aliphatic heterocycles. The highest BCUT2D eigenvalue weighted by Gasteiger charge is 2.24. The summed E-state index contributed by atoms with van der Waals surface area (Å²) in [6, 6.07) is 7.51. The van der Waals surface area contributed by atoms with Crippen LogP contribution in [0.3, 0.4) is 0 Å². The van der Waals surface area contributed by atoms with Crippen LogP contribution < -0.4 is 9.64 Å². The molecule has 0 saturated carbocycles. The monoisotopic (exact) mass is 336 g/mol. The van der Waals surface area contributed by atoms with Crippen LogP contribution in [0.4, 0.5) is 10.5 Å². The van der Waals surface area contributed by atoms with E-state index >= 15 is 0 Å². The molecule has 1 aromatic heterocycles. The topological polar surface area (TPSA) is 63.8 Å². The maximum atomic E-state index is 11.5. The van der Waals surface area contributed by atoms with Crippen molar-refractivity contribution in [3.63, 3.8) is 0 Å². The first kappa shape index (κ1) is 15.7. The number of benzene rings is 1. The molecule has 0 radical (unpaired) electrons. The fourth-order valence-electron chi connectivity index (χ4n) is 2.55. The van der Waals surface area contributed by atoms with Crippen LogP contribution in [-0.4, -0.2) is 44.6 Å². The number of hydrogen-bond acceptors (Lipinski definition) is 5. The van der Waals surface area contributed by atoms with E-state index in [4.69, 9.17) is 21.1 Å². The molecule has 1 N–H and O–H groups in total. The first-order chi connectivity index (χ1) is 11.2. The summed E-state index contributed by atoms with van der Waals surface area (Å²) < 4.78 is 15.2. The Morgan fingerprint density at radius 1 is 1.26 bits per heavy atom. The van der Waals surface area contributed by atoms with Crippen molar-refractivity contribution < 1.29 is 19.0 Å². The zero-order chi connectivity index (χ0) is 16.2. The van der Waals surface area contributed by atoms with Crippen molar-refractivity contribution in [2.24, 2.45) is 0 Å². The van der Waals surface area contributed by atoms with Crippen LogP contribution in [0.1, 0.15) is 0 Å². The third kappa shape index (κ3) is 3.43. The summed E-state index contributed by atoms with van der Waals surface area (Å²) in [6.45, 7) is 2.69. The van der Waals surface area contributed by atoms with E-state index in [1.807, 2.05) is 30.5 Å². The number of morpholine rings is 1. The number of aromatic amines is 1. The van der Waals surface area contributed by atoms with E-state index in [0.717, 1.165) is 29.9 Å². The maximum absolute atomic E-state index is 11.5. The molecule has 0 bridgehead atoms. The molecule has 0 spiro atoms. The summed E-state index contributed by atoms with van der Waals surface area (Å²) in [5, 5.41) is 0.670. The van der Waals surface area contributed by atoms with Gasteiger partial charge in [0, 0.05) is 29.9 Å². The lowest BCUT2D eigenvalue weighted by molar-refractivity contribution is 0.117. The molecule has 0 atom stereocenters. The number of nitrogens with one attached hydrogen (secondary N) is 1. The highest BCUT2D eigenvalue weighted by atomic mass is 35.5. The SMILES string of the molecule is COC(=O)Oc1[nH]cc(-c2ccc(Cl)cc2)c1N1CCOCC1. The van der Waals surface area contributed by atoms with Gasteiger partial charge in [0.25, 0.3) is 0 Å². The number of H-pyrrole nitrogens is 1. The summed E-state index contributed by atoms with van der Waals surface area (Å²) in [4.78, 5) is 16.6. The standard InChI is InChI=1S/C16H17ClN2O4/c1-21-16(20)23-15-14(19-6-8-22-9-7-19)13(10-18-15)11-2-4-12(17)5-3-11/h2-5,10,18H,6-9H2,1H3. The lowest BCUT2D eigenvalue weighted by Gasteiger charge is -2.29. The minimum Gasteiger partial charge on any atom is -0.437 e. The van der Waals surface area contributed by atoms with Crippen molar-refractivity contribution in [3.8, 4) is 17.0 Å². The van der Waals surface area contributed by atoms with Gasteiger partial charge in [-0.05, 0) is 17.7 Å². The first-order valence-corrected chi connectivity index (χ1v) is 7.62. The molecule has 0 aliphatic carbocycles. The number of carbonyl (C=O) groups is 1. The molecule has 1 fully saturated rings. The van der Waals surface area contributed by atoms with Gasteiger partial charge in [-0.2, -0.15) is 0 Å². The third-order valence-corrected chi connectivity index (χ3v) is 3.90. The van der Waals surface area contributed by atoms with Gasteiger partial charge in [0.15, 0.2) is 0 Å². The average molecular weight is 337 g/mol. The van der Waals surface area contributed by atoms with Crippen molar-refractivity contribution in [1.82, 2.24) is 4.98 Å². The molecule has 122 valence electrons. The summed E-state index contributed by atoms with van der Waals surface area (Å²) in [7, 11) is 1.28. The fourth-order valence-corrected chi connectivity index (χ4v) is 2.68. The van der Waals surface area contributed by atoms with Crippen molar-refractivity contribution in [2.75, 3.05) is 38.3 Å². The normalized spacial score (nSPS) is 14.6. The van der Waals surface area contributed by atoms with Gasteiger partial charge >= 0.3 is 6.16 Å². The molecular formula is C16H17ClN2O4. The van der Waals surface area contributed by atoms with Gasteiger partial charge in [0.05, 0.1) is 20.3 Å². The van der Waals surface area contributed by atoms with Crippen molar-refractivity contribution in [1.29, 1.82) is 0 Å². The summed E-state index contributed by atoms with van der Waals surface area (Å²) in [5.74, 6) is 0.365. The largest absolute Gasteiger partial charge is 0.514 e. The summed E-state index contributed by atoms with van der Waals surface area (Å²) in [6.07, 6.45) is 1.05. The van der Waals surface area contributed by atoms with Gasteiger partial charge in [-0.15, -0.1) is 0 Å². The summed E-state index contributed by atoms with van der Waals surface area (Å²) in [5.41, 5.74) is 2.73. The first-order valence-electron chi connectivity index (χ1n) is 7.25. The number of hydrogen-bond donors (Lipinski definition) is 1. The molecular weight excluding hydrogens is 320 g/mol. The molecule has 0 amide bonds. The molecule has 1 aromatic carbocycles. The second-order valence-electron chi connectivity index (χ2n) is 5.04. The number of methoxy groups -OCH3 is 1. The van der Waals surface area contributed by atoms with Crippen LogP contribution in [0.15, 0.2) is 30.5 Å². The van der Waals surface area contributed by atoms with Gasteiger partial charge in [-0.25, -0.2) is 4.79 Å². The Balaban J connectivity index is 2.00. The Hall–Kier alpha value is -2.18. The van der Waals surface area contributed by atoms with Gasteiger partial charge in [-0.3, -0.25) is 0 Å². The molecule has 0 unspecified atom stereocenters. The molecule has 2 aromatic rings. The van der Waals surface area contributed by atoms with Gasteiger partial charge in [0.2, 0.25) is 5.88 Å². The Kier molecular flexibility index (Phi) is 4.73. The summed E-state index contributed by atoms with van der Waals surface area (Å²) >= 11 is 5.96. The molecule has 2 heterocycles. The van der Waals surface area contributed by atoms with E-state index in [1.54, 1.807) is 0 Å². The zero-order valence-electron chi connectivity index (χ0n) is 12.7. The Morgan fingerprint density at radius 3 is 2.61 bits per heavy atom. The highest BCUT2D eigenvalue weighted by molar-refractivity contribution is 6.30. The van der Waals surface area contributed by atoms with E-state index in [2.05, 4.69) is 14.6 Å². The van der Waals surface area contributed by atoms with E-state index in [1.165, 1.54) is 7.11 Å². The van der Waals surface area contributed by atoms with E-state index in [9.17, 15) is 4.79 Å². The van der Waals surface area contributed by atoms with Crippen LogP contribution >= 0.6 is 11.6 Å². The third-order valence-electron chi connectivity index (χ3n) is 3.65. The van der Waals surface area contributed by atoms with Gasteiger partial charge in [-0.1, -0.05) is 23.7 Å². The number of rotatable bonds is 3. The van der Waals surface area contributed by atoms with E-state index in [-0.39, 0.29) is 0 Å². The minimum absolute atomic E-state index is 0.365. The number of nitrogens with zero attached hydrogens (tertiary/aromatic N) is 1. The number of ether oxygens (including phenoxy) is 3. The molecule has 6 nitrogen and oxygen atoms in total. The molecule has 23 heavy (non-hydrogen) atoms. The van der Waals surface area contributed by atoms with Crippen LogP contribution in [0.25, 0.3) is 11.1 Å². The average Bonchev–Trinajstić information content (AvgIpc) is 2.99. The highest BCUT2D eigenvalue weighted by Crippen LogP contribution is 2.39. The Labute approximate surface area is 138 Å². The molecule has 3 rings (SSSR count). The van der Waals surface area contributed by atoms with Crippen molar-refractivity contribution in [3.05, 3.63) is 35.5 Å². The molecule has 1 saturated heterocycles. The fraction of sp³-hybridized carbons (Fsp3) is 0.312. The number of halogens is 1. The molecule has 7 heteroatoms. The number of aromatic nitrogens is 1. The lowest BCUT2D eigenvalue weighted by Crippen LogP contribution is -2.36. The Morgan fingerprint density at radius 2 is 1.96 bits per heavy atom. The van der Waals surface area contributed by atoms with E-state index in [0.29, 0.717) is 24.1 Å². The molecule has 1 aliphatic rings. The van der Waals surface area contributed by atoms with Crippen molar-refractivity contribution in [2.45, 2.75) is 0 Å². The van der Waals surface area contributed by atoms with Crippen molar-refractivity contribution >= 4 is 23.4 Å². The maximum Gasteiger partial charge on any atom is 0.514 e. The van der Waals surface area contributed by atoms with Crippen LogP contribution in [0.5, 0.6) is 5.88 Å². The number of anilines is 1. The predicted molar refractivity (Wildman–Crippen MR) is 87.3 cm³/mol. The predicted octanol–water partition coefficient (Wildman–Crippen LogP) is 3.32. The van der Waals surface area contributed by atoms with Crippen LogP contribution in [-0.2, 0) is 9.47 Å². The smallest absolute Gasteiger partial charge is 0.437 e. The van der Waals surface area contributed by atoms with Crippen LogP contribution in [0.2, 0.25) is 5.02 Å². The quantitative estimate of drug-likeness (QED) is 0.871. The number of carbonyl (C=O) groups excluding carboxylic acids is 1.